The number of nitrogens with zero attached hydrogens (tertiary/aromatic N) is 1. The number of benzene rings is 2. The third-order valence-electron chi connectivity index (χ3n) is 2.71. The number of nitriles is 1. The maximum atomic E-state index is 13.8. The van der Waals surface area contributed by atoms with Crippen LogP contribution in [0.5, 0.6) is 11.5 Å². The standard InChI is InChI=1S/C15H11BrFNO2/c1-9(19)12-4-2-10(8-18)6-15(12)20-14-5-3-11(16)7-13(14)17/h2-7,9,19H,1H3/t9-/m0/s1. The smallest absolute Gasteiger partial charge is 0.166 e. The predicted molar refractivity (Wildman–Crippen MR) is 76.0 cm³/mol. The SMILES string of the molecule is C[C@H](O)c1ccc(C#N)cc1Oc1ccc(Br)cc1F. The van der Waals surface area contributed by atoms with Gasteiger partial charge in [0.2, 0.25) is 0 Å². The summed E-state index contributed by atoms with van der Waals surface area (Å²) >= 11 is 3.16. The Morgan fingerprint density at radius 2 is 2.00 bits per heavy atom. The van der Waals surface area contributed by atoms with Gasteiger partial charge in [0.1, 0.15) is 5.75 Å². The number of ether oxygens (including phenoxy) is 1. The Hall–Kier alpha value is -1.90. The summed E-state index contributed by atoms with van der Waals surface area (Å²) in [4.78, 5) is 0. The topological polar surface area (TPSA) is 53.2 Å². The van der Waals surface area contributed by atoms with Gasteiger partial charge in [-0.2, -0.15) is 5.26 Å². The molecule has 3 nitrogen and oxygen atoms in total. The van der Waals surface area contributed by atoms with Crippen molar-refractivity contribution in [2.24, 2.45) is 0 Å². The van der Waals surface area contributed by atoms with E-state index < -0.39 is 11.9 Å². The van der Waals surface area contributed by atoms with E-state index in [4.69, 9.17) is 10.00 Å². The van der Waals surface area contributed by atoms with E-state index in [2.05, 4.69) is 15.9 Å². The largest absolute Gasteiger partial charge is 0.454 e. The van der Waals surface area contributed by atoms with E-state index in [9.17, 15) is 9.50 Å². The molecule has 0 saturated carbocycles. The second-order valence-corrected chi connectivity index (χ2v) is 5.13. The lowest BCUT2D eigenvalue weighted by Crippen LogP contribution is -1.98. The molecule has 2 aromatic carbocycles. The highest BCUT2D eigenvalue weighted by Crippen LogP contribution is 2.32. The first kappa shape index (κ1) is 14.5. The van der Waals surface area contributed by atoms with Gasteiger partial charge in [-0.15, -0.1) is 0 Å². The van der Waals surface area contributed by atoms with Crippen molar-refractivity contribution in [1.29, 1.82) is 5.26 Å². The summed E-state index contributed by atoms with van der Waals surface area (Å²) in [5, 5.41) is 18.6. The highest BCUT2D eigenvalue weighted by Gasteiger charge is 2.13. The molecule has 0 saturated heterocycles. The van der Waals surface area contributed by atoms with Gasteiger partial charge in [0.25, 0.3) is 0 Å². The maximum absolute atomic E-state index is 13.8. The van der Waals surface area contributed by atoms with Crippen LogP contribution >= 0.6 is 15.9 Å². The molecule has 0 fully saturated rings. The fraction of sp³-hybridized carbons (Fsp3) is 0.133. The fourth-order valence-corrected chi connectivity index (χ4v) is 2.05. The summed E-state index contributed by atoms with van der Waals surface area (Å²) in [5.74, 6) is -0.233. The van der Waals surface area contributed by atoms with Crippen LogP contribution in [0.1, 0.15) is 24.2 Å². The molecule has 0 heterocycles. The van der Waals surface area contributed by atoms with Gasteiger partial charge in [0, 0.05) is 10.0 Å². The number of rotatable bonds is 3. The van der Waals surface area contributed by atoms with Crippen LogP contribution in [0.2, 0.25) is 0 Å². The quantitative estimate of drug-likeness (QED) is 0.909. The summed E-state index contributed by atoms with van der Waals surface area (Å²) < 4.78 is 19.9. The molecule has 0 bridgehead atoms. The zero-order valence-corrected chi connectivity index (χ0v) is 12.2. The van der Waals surface area contributed by atoms with Crippen LogP contribution in [0.3, 0.4) is 0 Å². The molecule has 20 heavy (non-hydrogen) atoms. The molecule has 2 aromatic rings. The van der Waals surface area contributed by atoms with Crippen molar-refractivity contribution in [1.82, 2.24) is 0 Å². The van der Waals surface area contributed by atoms with Gasteiger partial charge in [-0.1, -0.05) is 22.0 Å². The predicted octanol–water partition coefficient (Wildman–Crippen LogP) is 4.31. The third-order valence-corrected chi connectivity index (χ3v) is 3.20. The number of aliphatic hydroxyl groups is 1. The lowest BCUT2D eigenvalue weighted by molar-refractivity contribution is 0.195. The lowest BCUT2D eigenvalue weighted by atomic mass is 10.1. The summed E-state index contributed by atoms with van der Waals surface area (Å²) in [7, 11) is 0. The van der Waals surface area contributed by atoms with Crippen molar-refractivity contribution in [3.8, 4) is 17.6 Å². The van der Waals surface area contributed by atoms with E-state index in [0.717, 1.165) is 0 Å². The van der Waals surface area contributed by atoms with E-state index in [-0.39, 0.29) is 11.5 Å². The average molecular weight is 336 g/mol. The van der Waals surface area contributed by atoms with E-state index >= 15 is 0 Å². The average Bonchev–Trinajstić information content (AvgIpc) is 2.41. The molecule has 1 atom stereocenters. The van der Waals surface area contributed by atoms with Crippen molar-refractivity contribution in [2.75, 3.05) is 0 Å². The minimum atomic E-state index is -0.781. The van der Waals surface area contributed by atoms with E-state index in [0.29, 0.717) is 15.6 Å². The van der Waals surface area contributed by atoms with Crippen molar-refractivity contribution < 1.29 is 14.2 Å². The summed E-state index contributed by atoms with van der Waals surface area (Å²) in [5.41, 5.74) is 0.869. The number of aliphatic hydroxyl groups excluding tert-OH is 1. The lowest BCUT2D eigenvalue weighted by Gasteiger charge is -2.14. The molecule has 2 rings (SSSR count). The second-order valence-electron chi connectivity index (χ2n) is 4.22. The molecule has 0 aromatic heterocycles. The molecule has 5 heteroatoms. The second kappa shape index (κ2) is 6.04. The van der Waals surface area contributed by atoms with E-state index in [1.807, 2.05) is 6.07 Å². The minimum Gasteiger partial charge on any atom is -0.454 e. The Kier molecular flexibility index (Phi) is 4.38. The first-order valence-electron chi connectivity index (χ1n) is 5.86. The Labute approximate surface area is 124 Å². The molecule has 0 unspecified atom stereocenters. The fourth-order valence-electron chi connectivity index (χ4n) is 1.71. The highest BCUT2D eigenvalue weighted by molar-refractivity contribution is 9.10. The molecule has 0 amide bonds. The van der Waals surface area contributed by atoms with Crippen LogP contribution in [-0.2, 0) is 0 Å². The number of halogens is 2. The zero-order chi connectivity index (χ0) is 14.7. The van der Waals surface area contributed by atoms with Crippen LogP contribution in [0.25, 0.3) is 0 Å². The van der Waals surface area contributed by atoms with Gasteiger partial charge >= 0.3 is 0 Å². The van der Waals surface area contributed by atoms with Gasteiger partial charge < -0.3 is 9.84 Å². The molecule has 1 N–H and O–H groups in total. The van der Waals surface area contributed by atoms with Crippen LogP contribution in [-0.4, -0.2) is 5.11 Å². The summed E-state index contributed by atoms with van der Waals surface area (Å²) in [6.07, 6.45) is -0.781. The molecular formula is C15H11BrFNO2. The van der Waals surface area contributed by atoms with Crippen LogP contribution in [0.4, 0.5) is 4.39 Å². The first-order chi connectivity index (χ1) is 9.51. The van der Waals surface area contributed by atoms with Gasteiger partial charge in [-0.05, 0) is 37.3 Å². The number of hydrogen-bond donors (Lipinski definition) is 1. The van der Waals surface area contributed by atoms with Crippen molar-refractivity contribution in [2.45, 2.75) is 13.0 Å². The zero-order valence-electron chi connectivity index (χ0n) is 10.6. The molecule has 0 radical (unpaired) electrons. The van der Waals surface area contributed by atoms with E-state index in [1.54, 1.807) is 25.1 Å². The molecule has 0 aliphatic heterocycles. The van der Waals surface area contributed by atoms with Gasteiger partial charge in [0.05, 0.1) is 17.7 Å². The normalized spacial score (nSPS) is 11.8. The molecule has 102 valence electrons. The Bertz CT molecular complexity index is 680. The van der Waals surface area contributed by atoms with Crippen LogP contribution < -0.4 is 4.74 Å². The number of hydrogen-bond acceptors (Lipinski definition) is 3. The highest BCUT2D eigenvalue weighted by atomic mass is 79.9. The van der Waals surface area contributed by atoms with Crippen LogP contribution in [0, 0.1) is 17.1 Å². The molecular weight excluding hydrogens is 325 g/mol. The Balaban J connectivity index is 2.43. The van der Waals surface area contributed by atoms with Crippen molar-refractivity contribution in [3.05, 3.63) is 57.8 Å². The first-order valence-corrected chi connectivity index (χ1v) is 6.65. The van der Waals surface area contributed by atoms with Crippen molar-refractivity contribution >= 4 is 15.9 Å². The third kappa shape index (κ3) is 3.16. The van der Waals surface area contributed by atoms with Crippen molar-refractivity contribution in [3.63, 3.8) is 0 Å². The van der Waals surface area contributed by atoms with Gasteiger partial charge in [-0.3, -0.25) is 0 Å². The molecule has 0 aliphatic carbocycles. The minimum absolute atomic E-state index is 0.0326. The van der Waals surface area contributed by atoms with E-state index in [1.165, 1.54) is 18.2 Å². The van der Waals surface area contributed by atoms with Crippen LogP contribution in [0.15, 0.2) is 40.9 Å². The van der Waals surface area contributed by atoms with Gasteiger partial charge in [-0.25, -0.2) is 4.39 Å². The molecule has 0 spiro atoms. The monoisotopic (exact) mass is 335 g/mol. The maximum Gasteiger partial charge on any atom is 0.166 e. The Morgan fingerprint density at radius 1 is 1.25 bits per heavy atom. The summed E-state index contributed by atoms with van der Waals surface area (Å²) in [6.45, 7) is 1.58. The van der Waals surface area contributed by atoms with Gasteiger partial charge in [0.15, 0.2) is 11.6 Å². The Morgan fingerprint density at radius 3 is 2.60 bits per heavy atom. The summed E-state index contributed by atoms with van der Waals surface area (Å²) in [6, 6.07) is 11.0. The molecule has 0 aliphatic rings.